The van der Waals surface area contributed by atoms with Crippen molar-refractivity contribution < 1.29 is 22.4 Å². The third-order valence-corrected chi connectivity index (χ3v) is 7.17. The molecule has 202 valence electrons. The molecule has 2 N–H and O–H groups in total. The van der Waals surface area contributed by atoms with Crippen molar-refractivity contribution in [3.63, 3.8) is 0 Å². The van der Waals surface area contributed by atoms with Gasteiger partial charge in [-0.2, -0.15) is 18.3 Å². The van der Waals surface area contributed by atoms with E-state index in [0.717, 1.165) is 30.2 Å². The van der Waals surface area contributed by atoms with Crippen molar-refractivity contribution >= 4 is 46.5 Å². The summed E-state index contributed by atoms with van der Waals surface area (Å²) in [6, 6.07) is 8.49. The van der Waals surface area contributed by atoms with Gasteiger partial charge in [0.05, 0.1) is 0 Å². The minimum absolute atomic E-state index is 0.261. The first kappa shape index (κ1) is 26.4. The zero-order chi connectivity index (χ0) is 26.9. The first-order valence-electron chi connectivity index (χ1n) is 12.1. The van der Waals surface area contributed by atoms with Crippen LogP contribution in [0, 0.1) is 0 Å². The van der Waals surface area contributed by atoms with Gasteiger partial charge in [-0.1, -0.05) is 0 Å². The molecule has 1 amide bonds. The van der Waals surface area contributed by atoms with Gasteiger partial charge < -0.3 is 10.2 Å². The van der Waals surface area contributed by atoms with E-state index in [2.05, 4.69) is 35.6 Å². The zero-order valence-corrected chi connectivity index (χ0v) is 21.3. The average molecular weight is 551 g/mol. The summed E-state index contributed by atoms with van der Waals surface area (Å²) in [5.41, 5.74) is 4.07. The fraction of sp³-hybridized carbons (Fsp3) is 0.458. The van der Waals surface area contributed by atoms with Gasteiger partial charge in [-0.25, -0.2) is 19.4 Å². The van der Waals surface area contributed by atoms with Crippen molar-refractivity contribution in [2.24, 2.45) is 10.1 Å². The second-order valence-electron chi connectivity index (χ2n) is 9.47. The number of nitrogens with one attached hydrogen (secondary N) is 2. The number of carbonyl (C=O) groups is 1. The molecule has 0 aliphatic carbocycles. The molecule has 4 heterocycles. The van der Waals surface area contributed by atoms with Crippen molar-refractivity contribution in [3.8, 4) is 0 Å². The second-order valence-corrected chi connectivity index (χ2v) is 10.5. The molecular weight excluding hydrogens is 524 g/mol. The van der Waals surface area contributed by atoms with E-state index in [0.29, 0.717) is 42.0 Å². The number of nitrogens with zero attached hydrogens (tertiary/aromatic N) is 6. The number of hydrogen-bond acceptors (Lipinski definition) is 8. The van der Waals surface area contributed by atoms with Gasteiger partial charge in [-0.05, 0) is 49.4 Å². The Hall–Kier alpha value is -3.26. The van der Waals surface area contributed by atoms with Crippen molar-refractivity contribution in [1.82, 2.24) is 20.3 Å². The maximum absolute atomic E-state index is 13.6. The first-order chi connectivity index (χ1) is 18.1. The second kappa shape index (κ2) is 10.8. The Kier molecular flexibility index (Phi) is 7.52. The van der Waals surface area contributed by atoms with E-state index in [4.69, 9.17) is 4.98 Å². The van der Waals surface area contributed by atoms with Gasteiger partial charge in [0.1, 0.15) is 24.2 Å². The van der Waals surface area contributed by atoms with Crippen LogP contribution in [0.5, 0.6) is 0 Å². The molecule has 0 saturated carbocycles. The van der Waals surface area contributed by atoms with Crippen molar-refractivity contribution in [2.75, 3.05) is 36.4 Å². The lowest BCUT2D eigenvalue weighted by Crippen LogP contribution is -2.59. The smallest absolute Gasteiger partial charge is 0.353 e. The van der Waals surface area contributed by atoms with Gasteiger partial charge in [0.15, 0.2) is 11.0 Å². The summed E-state index contributed by atoms with van der Waals surface area (Å²) in [6.07, 6.45) is -5.70. The van der Waals surface area contributed by atoms with Crippen LogP contribution in [-0.4, -0.2) is 76.9 Å². The largest absolute Gasteiger partial charge is 0.397 e. The molecule has 0 radical (unpaired) electrons. The number of amides is 1. The van der Waals surface area contributed by atoms with Crippen LogP contribution in [0.15, 0.2) is 50.5 Å². The molecule has 2 saturated heterocycles. The lowest BCUT2D eigenvalue weighted by molar-refractivity contribution is -0.150. The molecule has 3 aliphatic rings. The third-order valence-electron chi connectivity index (χ3n) is 6.30. The Balaban J connectivity index is 1.29. The van der Waals surface area contributed by atoms with Gasteiger partial charge >= 0.3 is 6.18 Å². The summed E-state index contributed by atoms with van der Waals surface area (Å²) >= 11 is 1.27. The number of aromatic nitrogens is 2. The molecule has 0 unspecified atom stereocenters. The van der Waals surface area contributed by atoms with E-state index >= 15 is 0 Å². The van der Waals surface area contributed by atoms with E-state index in [1.165, 1.54) is 23.9 Å². The zero-order valence-electron chi connectivity index (χ0n) is 20.5. The molecule has 1 aromatic carbocycles. The fourth-order valence-electron chi connectivity index (χ4n) is 4.40. The number of rotatable bonds is 7. The molecule has 3 aliphatic heterocycles. The number of halogens is 4. The Bertz CT molecular complexity index is 1250. The van der Waals surface area contributed by atoms with E-state index < -0.39 is 24.7 Å². The van der Waals surface area contributed by atoms with Crippen LogP contribution in [0.2, 0.25) is 0 Å². The molecule has 1 aromatic heterocycles. The molecule has 0 spiro atoms. The van der Waals surface area contributed by atoms with Crippen molar-refractivity contribution in [2.45, 2.75) is 54.6 Å². The highest BCUT2D eigenvalue weighted by molar-refractivity contribution is 7.99. The Morgan fingerprint density at radius 3 is 2.61 bits per heavy atom. The molecule has 9 nitrogen and oxygen atoms in total. The molecule has 14 heteroatoms. The number of benzene rings is 1. The van der Waals surface area contributed by atoms with Crippen LogP contribution >= 0.6 is 11.8 Å². The maximum atomic E-state index is 13.6. The SMILES string of the molecule is CC1=NNC(=Nc2cc(N3CC(N4CC[C@H](F)C4)C3)nc(Sc3ccc(NC(=O)CC(F)(F)F)cc3)n2)C1. The summed E-state index contributed by atoms with van der Waals surface area (Å²) in [6.45, 7) is 4.60. The first-order valence-corrected chi connectivity index (χ1v) is 12.9. The van der Waals surface area contributed by atoms with Gasteiger partial charge in [0.2, 0.25) is 5.91 Å². The van der Waals surface area contributed by atoms with E-state index in [1.54, 1.807) is 12.1 Å². The normalized spacial score (nSPS) is 21.4. The molecule has 0 bridgehead atoms. The topological polar surface area (TPSA) is 98.1 Å². The van der Waals surface area contributed by atoms with Crippen LogP contribution in [-0.2, 0) is 4.79 Å². The number of carbonyl (C=O) groups excluding carboxylic acids is 1. The summed E-state index contributed by atoms with van der Waals surface area (Å²) in [5, 5.41) is 6.83. The minimum atomic E-state index is -4.57. The highest BCUT2D eigenvalue weighted by atomic mass is 32.2. The highest BCUT2D eigenvalue weighted by Crippen LogP contribution is 2.32. The monoisotopic (exact) mass is 550 g/mol. The number of hydrazone groups is 1. The highest BCUT2D eigenvalue weighted by Gasteiger charge is 2.37. The maximum Gasteiger partial charge on any atom is 0.397 e. The van der Waals surface area contributed by atoms with E-state index in [1.807, 2.05) is 13.0 Å². The summed E-state index contributed by atoms with van der Waals surface area (Å²) in [5.74, 6) is 0.728. The molecule has 5 rings (SSSR count). The average Bonchev–Trinajstić information content (AvgIpc) is 3.40. The standard InChI is InChI=1S/C24H26F4N8OS/c1-14-8-20(34-33-14)30-19-9-21(36-12-17(13-36)35-7-6-15(25)11-35)32-23(31-19)38-18-4-2-16(3-5-18)29-22(37)10-24(26,27)28/h2-5,9,15,17H,6-8,10-13H2,1H3,(H,29,37)(H,30,31,32,34)/t15-/m0/s1. The number of alkyl halides is 4. The lowest BCUT2D eigenvalue weighted by Gasteiger charge is -2.44. The predicted molar refractivity (Wildman–Crippen MR) is 137 cm³/mol. The van der Waals surface area contributed by atoms with Gasteiger partial charge in [0, 0.05) is 61.0 Å². The van der Waals surface area contributed by atoms with Crippen LogP contribution in [0.4, 0.5) is 34.9 Å². The van der Waals surface area contributed by atoms with E-state index in [9.17, 15) is 22.4 Å². The fourth-order valence-corrected chi connectivity index (χ4v) is 5.16. The number of aliphatic imine (C=N–C) groups is 1. The van der Waals surface area contributed by atoms with Crippen LogP contribution in [0.1, 0.15) is 26.2 Å². The van der Waals surface area contributed by atoms with Crippen LogP contribution in [0.25, 0.3) is 0 Å². The van der Waals surface area contributed by atoms with Gasteiger partial charge in [-0.3, -0.25) is 15.1 Å². The van der Waals surface area contributed by atoms with Crippen molar-refractivity contribution in [3.05, 3.63) is 30.3 Å². The number of hydrogen-bond donors (Lipinski definition) is 2. The molecular formula is C24H26F4N8OS. The predicted octanol–water partition coefficient (Wildman–Crippen LogP) is 4.15. The Morgan fingerprint density at radius 2 is 1.97 bits per heavy atom. The minimum Gasteiger partial charge on any atom is -0.353 e. The van der Waals surface area contributed by atoms with Gasteiger partial charge in [-0.15, -0.1) is 0 Å². The molecule has 2 fully saturated rings. The lowest BCUT2D eigenvalue weighted by atomic mass is 10.1. The molecule has 2 aromatic rings. The summed E-state index contributed by atoms with van der Waals surface area (Å²) in [4.78, 5) is 30.4. The Morgan fingerprint density at radius 1 is 1.21 bits per heavy atom. The van der Waals surface area contributed by atoms with Crippen LogP contribution in [0.3, 0.4) is 0 Å². The third kappa shape index (κ3) is 6.78. The van der Waals surface area contributed by atoms with Crippen molar-refractivity contribution in [1.29, 1.82) is 0 Å². The quantitative estimate of drug-likeness (QED) is 0.395. The molecule has 38 heavy (non-hydrogen) atoms. The summed E-state index contributed by atoms with van der Waals surface area (Å²) in [7, 11) is 0. The molecule has 1 atom stereocenters. The van der Waals surface area contributed by atoms with Gasteiger partial charge in [0.25, 0.3) is 0 Å². The number of anilines is 2. The Labute approximate surface area is 220 Å². The van der Waals surface area contributed by atoms with Crippen LogP contribution < -0.4 is 15.6 Å². The number of likely N-dealkylation sites (tertiary alicyclic amines) is 1. The summed E-state index contributed by atoms with van der Waals surface area (Å²) < 4.78 is 50.9. The van der Waals surface area contributed by atoms with E-state index in [-0.39, 0.29) is 11.7 Å². The number of amidine groups is 1.